The van der Waals surface area contributed by atoms with E-state index in [0.29, 0.717) is 22.6 Å². The van der Waals surface area contributed by atoms with E-state index >= 15 is 0 Å². The molecule has 0 radical (unpaired) electrons. The smallest absolute Gasteiger partial charge is 0.206 e. The number of fused-ring (bicyclic) bond motifs is 1. The quantitative estimate of drug-likeness (QED) is 0.326. The van der Waals surface area contributed by atoms with Crippen LogP contribution < -0.4 is 0 Å². The molecule has 0 spiro atoms. The summed E-state index contributed by atoms with van der Waals surface area (Å²) in [6.07, 6.45) is 3.72. The number of oxazole rings is 1. The van der Waals surface area contributed by atoms with Gasteiger partial charge in [-0.25, -0.2) is 22.8 Å². The summed E-state index contributed by atoms with van der Waals surface area (Å²) in [6.45, 7) is 5.65. The number of benzene rings is 2. The molecular formula is C28H27FN2O4S. The highest BCUT2D eigenvalue weighted by Gasteiger charge is 2.52. The lowest BCUT2D eigenvalue weighted by Crippen LogP contribution is -2.15. The summed E-state index contributed by atoms with van der Waals surface area (Å²) in [7, 11) is -3.37. The molecule has 6 nitrogen and oxygen atoms in total. The van der Waals surface area contributed by atoms with Gasteiger partial charge in [-0.2, -0.15) is 0 Å². The van der Waals surface area contributed by atoms with Crippen LogP contribution in [0.4, 0.5) is 4.39 Å². The number of pyridine rings is 1. The lowest BCUT2D eigenvalue weighted by molar-refractivity contribution is -0.117. The monoisotopic (exact) mass is 506 g/mol. The number of nitrogens with zero attached hydrogens (tertiary/aromatic N) is 2. The van der Waals surface area contributed by atoms with E-state index in [1.54, 1.807) is 19.1 Å². The first-order valence-corrected chi connectivity index (χ1v) is 13.6. The zero-order valence-corrected chi connectivity index (χ0v) is 21.3. The van der Waals surface area contributed by atoms with Crippen LogP contribution in [-0.4, -0.2) is 29.9 Å². The molecule has 1 fully saturated rings. The van der Waals surface area contributed by atoms with Crippen LogP contribution >= 0.6 is 0 Å². The van der Waals surface area contributed by atoms with Gasteiger partial charge in [0.05, 0.1) is 11.2 Å². The van der Waals surface area contributed by atoms with E-state index in [4.69, 9.17) is 4.42 Å². The minimum atomic E-state index is -3.37. The van der Waals surface area contributed by atoms with Gasteiger partial charge in [-0.3, -0.25) is 4.79 Å². The Kier molecular flexibility index (Phi) is 6.03. The summed E-state index contributed by atoms with van der Waals surface area (Å²) in [5.41, 5.74) is 5.67. The normalized spacial score (nSPS) is 14.8. The molecule has 0 atom stereocenters. The maximum absolute atomic E-state index is 13.6. The zero-order valence-electron chi connectivity index (χ0n) is 20.5. The lowest BCUT2D eigenvalue weighted by atomic mass is 9.85. The second-order valence-corrected chi connectivity index (χ2v) is 11.8. The number of hydrogen-bond acceptors (Lipinski definition) is 6. The Balaban J connectivity index is 1.34. The summed E-state index contributed by atoms with van der Waals surface area (Å²) >= 11 is 0. The number of aryl methyl sites for hydroxylation is 2. The van der Waals surface area contributed by atoms with Gasteiger partial charge in [0.25, 0.3) is 0 Å². The van der Waals surface area contributed by atoms with Crippen molar-refractivity contribution in [2.45, 2.75) is 56.9 Å². The maximum Gasteiger partial charge on any atom is 0.206 e. The zero-order chi connectivity index (χ0) is 25.7. The average Bonchev–Trinajstić information content (AvgIpc) is 3.50. The summed E-state index contributed by atoms with van der Waals surface area (Å²) in [6, 6.07) is 11.6. The minimum absolute atomic E-state index is 0.0147. The molecule has 2 aromatic heterocycles. The second-order valence-electron chi connectivity index (χ2n) is 9.62. The highest BCUT2D eigenvalue weighted by atomic mass is 32.2. The molecule has 0 aliphatic heterocycles. The van der Waals surface area contributed by atoms with E-state index in [1.165, 1.54) is 24.4 Å². The SMILES string of the molecule is CCS(=O)(=O)c1ccc(CC(=O)Cc2cc(C)c(C3(c4nc5ccc(F)cc5o4)CC3)c(C)c2)cn1. The van der Waals surface area contributed by atoms with Crippen LogP contribution in [0.15, 0.2) is 58.1 Å². The van der Waals surface area contributed by atoms with Crippen LogP contribution in [0.5, 0.6) is 0 Å². The van der Waals surface area contributed by atoms with Crippen molar-refractivity contribution in [2.75, 3.05) is 5.75 Å². The fourth-order valence-electron chi connectivity index (χ4n) is 5.07. The number of hydrogen-bond donors (Lipinski definition) is 0. The Bertz CT molecular complexity index is 1560. The first-order valence-electron chi connectivity index (χ1n) is 12.0. The highest BCUT2D eigenvalue weighted by molar-refractivity contribution is 7.91. The Morgan fingerprint density at radius 2 is 1.72 bits per heavy atom. The van der Waals surface area contributed by atoms with Gasteiger partial charge in [0.15, 0.2) is 20.4 Å². The fraction of sp³-hybridized carbons (Fsp3) is 0.321. The number of ketones is 1. The predicted molar refractivity (Wildman–Crippen MR) is 134 cm³/mol. The summed E-state index contributed by atoms with van der Waals surface area (Å²) in [5, 5.41) is 0.0288. The number of Topliss-reactive ketones (excluding diaryl/α,β-unsaturated/α-hetero) is 1. The highest BCUT2D eigenvalue weighted by Crippen LogP contribution is 2.55. The molecule has 0 amide bonds. The Morgan fingerprint density at radius 3 is 2.33 bits per heavy atom. The molecule has 5 rings (SSSR count). The molecule has 2 heterocycles. The van der Waals surface area contributed by atoms with Gasteiger partial charge in [-0.15, -0.1) is 0 Å². The Morgan fingerprint density at radius 1 is 1.03 bits per heavy atom. The molecule has 0 unspecified atom stereocenters. The van der Waals surface area contributed by atoms with Gasteiger partial charge in [0, 0.05) is 25.1 Å². The van der Waals surface area contributed by atoms with Crippen LogP contribution in [0.2, 0.25) is 0 Å². The molecule has 1 aliphatic rings. The third-order valence-electron chi connectivity index (χ3n) is 6.88. The molecule has 1 saturated carbocycles. The van der Waals surface area contributed by atoms with Crippen molar-refractivity contribution in [3.05, 3.63) is 88.2 Å². The predicted octanol–water partition coefficient (Wildman–Crippen LogP) is 5.21. The summed E-state index contributed by atoms with van der Waals surface area (Å²) in [5.74, 6) is 0.268. The third kappa shape index (κ3) is 4.46. The number of carbonyl (C=O) groups is 1. The largest absolute Gasteiger partial charge is 0.440 e. The van der Waals surface area contributed by atoms with Crippen molar-refractivity contribution in [3.8, 4) is 0 Å². The number of halogens is 1. The molecule has 1 aliphatic carbocycles. The van der Waals surface area contributed by atoms with Gasteiger partial charge in [0.2, 0.25) is 5.89 Å². The molecule has 2 aromatic carbocycles. The average molecular weight is 507 g/mol. The number of carbonyl (C=O) groups excluding carboxylic acids is 1. The molecule has 0 saturated heterocycles. The van der Waals surface area contributed by atoms with Crippen LogP contribution in [0, 0.1) is 19.7 Å². The topological polar surface area (TPSA) is 90.1 Å². The molecule has 4 aromatic rings. The minimum Gasteiger partial charge on any atom is -0.440 e. The van der Waals surface area contributed by atoms with Crippen LogP contribution in [0.1, 0.15) is 53.5 Å². The Hall–Kier alpha value is -3.39. The van der Waals surface area contributed by atoms with Crippen LogP contribution in [-0.2, 0) is 32.9 Å². The van der Waals surface area contributed by atoms with Crippen molar-refractivity contribution >= 4 is 26.7 Å². The van der Waals surface area contributed by atoms with Gasteiger partial charge >= 0.3 is 0 Å². The number of rotatable bonds is 8. The van der Waals surface area contributed by atoms with E-state index in [2.05, 4.69) is 9.97 Å². The third-order valence-corrected chi connectivity index (χ3v) is 8.52. The van der Waals surface area contributed by atoms with E-state index in [9.17, 15) is 17.6 Å². The molecular weight excluding hydrogens is 479 g/mol. The van der Waals surface area contributed by atoms with Crippen LogP contribution in [0.25, 0.3) is 11.1 Å². The van der Waals surface area contributed by atoms with Crippen molar-refractivity contribution in [1.29, 1.82) is 0 Å². The maximum atomic E-state index is 13.6. The van der Waals surface area contributed by atoms with E-state index in [-0.39, 0.29) is 40.6 Å². The number of aromatic nitrogens is 2. The molecule has 36 heavy (non-hydrogen) atoms. The van der Waals surface area contributed by atoms with E-state index < -0.39 is 9.84 Å². The van der Waals surface area contributed by atoms with Gasteiger partial charge in [-0.1, -0.05) is 25.1 Å². The van der Waals surface area contributed by atoms with E-state index in [1.807, 2.05) is 26.0 Å². The summed E-state index contributed by atoms with van der Waals surface area (Å²) < 4.78 is 43.5. The fourth-order valence-corrected chi connectivity index (χ4v) is 5.86. The van der Waals surface area contributed by atoms with Gasteiger partial charge in [-0.05, 0) is 72.7 Å². The van der Waals surface area contributed by atoms with Crippen molar-refractivity contribution in [3.63, 3.8) is 0 Å². The molecule has 0 N–H and O–H groups in total. The molecule has 8 heteroatoms. The molecule has 0 bridgehead atoms. The second kappa shape index (κ2) is 8.92. The van der Waals surface area contributed by atoms with Crippen molar-refractivity contribution < 1.29 is 22.0 Å². The first-order chi connectivity index (χ1) is 17.1. The standard InChI is InChI=1S/C28H27FN2O4S/c1-4-36(33,34)25-8-5-19(16-30-25)13-22(32)14-20-11-17(2)26(18(3)12-20)28(9-10-28)27-31-23-7-6-21(29)15-24(23)35-27/h5-8,11-12,15-16H,4,9-10,13-14H2,1-3H3. The van der Waals surface area contributed by atoms with Gasteiger partial charge < -0.3 is 4.42 Å². The molecule has 186 valence electrons. The number of sulfone groups is 1. The van der Waals surface area contributed by atoms with Crippen molar-refractivity contribution in [1.82, 2.24) is 9.97 Å². The first kappa shape index (κ1) is 24.3. The van der Waals surface area contributed by atoms with E-state index in [0.717, 1.165) is 35.1 Å². The van der Waals surface area contributed by atoms with Crippen LogP contribution in [0.3, 0.4) is 0 Å². The Labute approximate surface area is 209 Å². The lowest BCUT2D eigenvalue weighted by Gasteiger charge is -2.19. The summed E-state index contributed by atoms with van der Waals surface area (Å²) in [4.78, 5) is 21.5. The van der Waals surface area contributed by atoms with Gasteiger partial charge in [0.1, 0.15) is 17.1 Å². The van der Waals surface area contributed by atoms with Crippen molar-refractivity contribution in [2.24, 2.45) is 0 Å².